The van der Waals surface area contributed by atoms with Crippen LogP contribution in [0, 0.1) is 0 Å². The Hall–Kier alpha value is -2.90. The standard InChI is InChI=1S/C28H24S/c1-28(2,3)25-14-8-13-24-23-12-7-11-22(26(23)29-27(24)25)21-17-15-20(16-18-21)19-9-5-4-6-10-19/h4-18H,1-3H3. The Balaban J connectivity index is 1.68. The van der Waals surface area contributed by atoms with E-state index in [4.69, 9.17) is 0 Å². The summed E-state index contributed by atoms with van der Waals surface area (Å²) in [7, 11) is 0. The van der Waals surface area contributed by atoms with E-state index in [1.54, 1.807) is 0 Å². The van der Waals surface area contributed by atoms with Crippen LogP contribution in [-0.4, -0.2) is 0 Å². The summed E-state index contributed by atoms with van der Waals surface area (Å²) in [5.74, 6) is 0. The van der Waals surface area contributed by atoms with Crippen molar-refractivity contribution in [1.82, 2.24) is 0 Å². The second kappa shape index (κ2) is 6.86. The molecule has 1 heteroatoms. The molecule has 0 nitrogen and oxygen atoms in total. The Morgan fingerprint density at radius 1 is 0.517 bits per heavy atom. The van der Waals surface area contributed by atoms with Gasteiger partial charge in [-0.1, -0.05) is 112 Å². The highest BCUT2D eigenvalue weighted by Gasteiger charge is 2.20. The third kappa shape index (κ3) is 3.16. The minimum Gasteiger partial charge on any atom is -0.134 e. The molecular formula is C28H24S. The van der Waals surface area contributed by atoms with Crippen LogP contribution in [0.2, 0.25) is 0 Å². The SMILES string of the molecule is CC(C)(C)c1cccc2c1sc1c(-c3ccc(-c4ccccc4)cc3)cccc12. The van der Waals surface area contributed by atoms with Crippen molar-refractivity contribution < 1.29 is 0 Å². The van der Waals surface area contributed by atoms with Crippen LogP contribution in [-0.2, 0) is 5.41 Å². The summed E-state index contributed by atoms with van der Waals surface area (Å²) in [5, 5.41) is 2.74. The number of fused-ring (bicyclic) bond motifs is 3. The van der Waals surface area contributed by atoms with Crippen molar-refractivity contribution in [3.05, 3.63) is 96.6 Å². The van der Waals surface area contributed by atoms with E-state index < -0.39 is 0 Å². The third-order valence-electron chi connectivity index (χ3n) is 5.64. The first-order valence-electron chi connectivity index (χ1n) is 10.1. The van der Waals surface area contributed by atoms with Gasteiger partial charge in [-0.05, 0) is 33.2 Å². The van der Waals surface area contributed by atoms with Crippen LogP contribution in [0.15, 0.2) is 91.0 Å². The van der Waals surface area contributed by atoms with Gasteiger partial charge in [0.15, 0.2) is 0 Å². The zero-order chi connectivity index (χ0) is 20.0. The van der Waals surface area contributed by atoms with Crippen molar-refractivity contribution in [3.63, 3.8) is 0 Å². The van der Waals surface area contributed by atoms with Crippen molar-refractivity contribution in [2.75, 3.05) is 0 Å². The summed E-state index contributed by atoms with van der Waals surface area (Å²) in [6, 6.07) is 33.0. The van der Waals surface area contributed by atoms with Crippen molar-refractivity contribution in [2.45, 2.75) is 26.2 Å². The maximum Gasteiger partial charge on any atom is 0.0433 e. The van der Waals surface area contributed by atoms with E-state index in [9.17, 15) is 0 Å². The minimum atomic E-state index is 0.137. The average molecular weight is 393 g/mol. The molecule has 4 aromatic carbocycles. The van der Waals surface area contributed by atoms with E-state index in [1.165, 1.54) is 48.0 Å². The van der Waals surface area contributed by atoms with Gasteiger partial charge in [0.05, 0.1) is 0 Å². The molecule has 29 heavy (non-hydrogen) atoms. The normalized spacial score (nSPS) is 12.0. The highest BCUT2D eigenvalue weighted by molar-refractivity contribution is 7.26. The molecule has 142 valence electrons. The smallest absolute Gasteiger partial charge is 0.0433 e. The topological polar surface area (TPSA) is 0 Å². The molecule has 0 saturated heterocycles. The van der Waals surface area contributed by atoms with Gasteiger partial charge in [-0.15, -0.1) is 11.3 Å². The van der Waals surface area contributed by atoms with Crippen molar-refractivity contribution >= 4 is 31.5 Å². The van der Waals surface area contributed by atoms with Gasteiger partial charge in [-0.2, -0.15) is 0 Å². The zero-order valence-electron chi connectivity index (χ0n) is 17.1. The average Bonchev–Trinajstić information content (AvgIpc) is 3.12. The molecule has 5 aromatic rings. The summed E-state index contributed by atoms with van der Waals surface area (Å²) in [5.41, 5.74) is 6.68. The van der Waals surface area contributed by atoms with Gasteiger partial charge in [0.2, 0.25) is 0 Å². The fraction of sp³-hybridized carbons (Fsp3) is 0.143. The number of hydrogen-bond acceptors (Lipinski definition) is 1. The molecule has 5 rings (SSSR count). The van der Waals surface area contributed by atoms with Crippen LogP contribution in [0.5, 0.6) is 0 Å². The van der Waals surface area contributed by atoms with Crippen molar-refractivity contribution in [2.24, 2.45) is 0 Å². The summed E-state index contributed by atoms with van der Waals surface area (Å²) >= 11 is 1.94. The van der Waals surface area contributed by atoms with E-state index in [0.717, 1.165) is 0 Å². The molecule has 0 saturated carbocycles. The lowest BCUT2D eigenvalue weighted by Crippen LogP contribution is -2.10. The van der Waals surface area contributed by atoms with Gasteiger partial charge in [0, 0.05) is 20.2 Å². The van der Waals surface area contributed by atoms with E-state index in [1.807, 2.05) is 11.3 Å². The van der Waals surface area contributed by atoms with E-state index in [0.29, 0.717) is 0 Å². The van der Waals surface area contributed by atoms with Gasteiger partial charge in [0.25, 0.3) is 0 Å². The predicted octanol–water partition coefficient (Wildman–Crippen LogP) is 8.69. The fourth-order valence-electron chi connectivity index (χ4n) is 4.11. The molecule has 0 fully saturated rings. The molecule has 0 bridgehead atoms. The summed E-state index contributed by atoms with van der Waals surface area (Å²) in [6.45, 7) is 6.90. The Kier molecular flexibility index (Phi) is 4.29. The van der Waals surface area contributed by atoms with Gasteiger partial charge in [0.1, 0.15) is 0 Å². The van der Waals surface area contributed by atoms with Gasteiger partial charge in [-0.25, -0.2) is 0 Å². The summed E-state index contributed by atoms with van der Waals surface area (Å²) in [4.78, 5) is 0. The first kappa shape index (κ1) is 18.1. The van der Waals surface area contributed by atoms with Crippen LogP contribution in [0.1, 0.15) is 26.3 Å². The molecule has 1 heterocycles. The van der Waals surface area contributed by atoms with E-state index in [-0.39, 0.29) is 5.41 Å². The maximum absolute atomic E-state index is 2.30. The molecule has 0 amide bonds. The molecule has 0 N–H and O–H groups in total. The molecule has 0 aliphatic carbocycles. The lowest BCUT2D eigenvalue weighted by Gasteiger charge is -2.19. The van der Waals surface area contributed by atoms with Crippen LogP contribution in [0.3, 0.4) is 0 Å². The van der Waals surface area contributed by atoms with Crippen molar-refractivity contribution in [1.29, 1.82) is 0 Å². The Labute approximate surface area is 176 Å². The zero-order valence-corrected chi connectivity index (χ0v) is 17.9. The monoisotopic (exact) mass is 392 g/mol. The molecular weight excluding hydrogens is 368 g/mol. The van der Waals surface area contributed by atoms with Gasteiger partial charge >= 0.3 is 0 Å². The van der Waals surface area contributed by atoms with Gasteiger partial charge < -0.3 is 0 Å². The fourth-order valence-corrected chi connectivity index (χ4v) is 5.67. The maximum atomic E-state index is 2.30. The van der Waals surface area contributed by atoms with Crippen molar-refractivity contribution in [3.8, 4) is 22.3 Å². The van der Waals surface area contributed by atoms with E-state index >= 15 is 0 Å². The molecule has 0 radical (unpaired) electrons. The first-order valence-corrected chi connectivity index (χ1v) is 10.9. The van der Waals surface area contributed by atoms with Gasteiger partial charge in [-0.3, -0.25) is 0 Å². The summed E-state index contributed by atoms with van der Waals surface area (Å²) < 4.78 is 2.80. The number of hydrogen-bond donors (Lipinski definition) is 0. The number of benzene rings is 4. The third-order valence-corrected chi connectivity index (χ3v) is 6.92. The molecule has 1 aromatic heterocycles. The van der Waals surface area contributed by atoms with Crippen LogP contribution >= 0.6 is 11.3 Å². The minimum absolute atomic E-state index is 0.137. The highest BCUT2D eigenvalue weighted by atomic mass is 32.1. The van der Waals surface area contributed by atoms with Crippen LogP contribution < -0.4 is 0 Å². The molecule has 0 aliphatic rings. The highest BCUT2D eigenvalue weighted by Crippen LogP contribution is 2.43. The van der Waals surface area contributed by atoms with Crippen LogP contribution in [0.25, 0.3) is 42.4 Å². The van der Waals surface area contributed by atoms with Crippen LogP contribution in [0.4, 0.5) is 0 Å². The number of rotatable bonds is 2. The molecule has 0 aliphatic heterocycles. The number of thiophene rings is 1. The molecule has 0 atom stereocenters. The lowest BCUT2D eigenvalue weighted by atomic mass is 9.86. The molecule has 0 spiro atoms. The Bertz CT molecular complexity index is 1300. The first-order chi connectivity index (χ1) is 14.0. The van der Waals surface area contributed by atoms with E-state index in [2.05, 4.69) is 112 Å². The molecule has 0 unspecified atom stereocenters. The lowest BCUT2D eigenvalue weighted by molar-refractivity contribution is 0.597. The predicted molar refractivity (Wildman–Crippen MR) is 129 cm³/mol. The Morgan fingerprint density at radius 2 is 1.10 bits per heavy atom. The quantitative estimate of drug-likeness (QED) is 0.282. The second-order valence-corrected chi connectivity index (χ2v) is 9.68. The Morgan fingerprint density at radius 3 is 1.79 bits per heavy atom. The summed E-state index contributed by atoms with van der Waals surface area (Å²) in [6.07, 6.45) is 0. The largest absolute Gasteiger partial charge is 0.134 e. The second-order valence-electron chi connectivity index (χ2n) is 8.66.